The molecule has 0 unspecified atom stereocenters. The van der Waals surface area contributed by atoms with Gasteiger partial charge in [0.15, 0.2) is 5.78 Å². The first kappa shape index (κ1) is 19.7. The standard InChI is InChI=1S/C26H25N3O2/c1-28-12-14-29(15-13-28)17-18-6-9-20(10-7-18)27-26(31)19-8-11-22-21-4-2-3-5-23(21)25(30)24(22)16-19/h2-11,16H,12-15,17H2,1H3,(H,27,31). The van der Waals surface area contributed by atoms with Crippen LogP contribution in [0, 0.1) is 0 Å². The summed E-state index contributed by atoms with van der Waals surface area (Å²) in [5.74, 6) is -0.230. The highest BCUT2D eigenvalue weighted by Gasteiger charge is 2.27. The van der Waals surface area contributed by atoms with E-state index in [1.807, 2.05) is 42.5 Å². The summed E-state index contributed by atoms with van der Waals surface area (Å²) in [5, 5.41) is 2.95. The number of nitrogens with zero attached hydrogens (tertiary/aromatic N) is 2. The third-order valence-electron chi connectivity index (χ3n) is 6.20. The monoisotopic (exact) mass is 411 g/mol. The zero-order valence-electron chi connectivity index (χ0n) is 17.6. The molecule has 2 aliphatic rings. The maximum atomic E-state index is 12.8. The number of fused-ring (bicyclic) bond motifs is 3. The Morgan fingerprint density at radius 2 is 1.52 bits per heavy atom. The van der Waals surface area contributed by atoms with Gasteiger partial charge in [-0.3, -0.25) is 14.5 Å². The molecular formula is C26H25N3O2. The van der Waals surface area contributed by atoms with E-state index < -0.39 is 0 Å². The number of anilines is 1. The van der Waals surface area contributed by atoms with Gasteiger partial charge in [0, 0.05) is 55.1 Å². The van der Waals surface area contributed by atoms with E-state index in [2.05, 4.69) is 34.3 Å². The SMILES string of the molecule is CN1CCN(Cc2ccc(NC(=O)c3ccc4c(c3)C(=O)c3ccccc3-4)cc2)CC1. The molecule has 0 bridgehead atoms. The molecule has 0 atom stereocenters. The van der Waals surface area contributed by atoms with E-state index in [1.165, 1.54) is 5.56 Å². The van der Waals surface area contributed by atoms with Crippen LogP contribution in [-0.2, 0) is 6.54 Å². The summed E-state index contributed by atoms with van der Waals surface area (Å²) in [5.41, 5.74) is 5.60. The molecule has 5 heteroatoms. The van der Waals surface area contributed by atoms with Gasteiger partial charge in [-0.25, -0.2) is 0 Å². The maximum Gasteiger partial charge on any atom is 0.255 e. The third-order valence-corrected chi connectivity index (χ3v) is 6.20. The second-order valence-electron chi connectivity index (χ2n) is 8.37. The van der Waals surface area contributed by atoms with Gasteiger partial charge >= 0.3 is 0 Å². The van der Waals surface area contributed by atoms with Crippen molar-refractivity contribution in [2.75, 3.05) is 38.5 Å². The van der Waals surface area contributed by atoms with Gasteiger partial charge in [0.2, 0.25) is 0 Å². The summed E-state index contributed by atoms with van der Waals surface area (Å²) in [4.78, 5) is 30.3. The molecule has 0 aromatic heterocycles. The molecule has 1 fully saturated rings. The maximum absolute atomic E-state index is 12.8. The predicted octanol–water partition coefficient (Wildman–Crippen LogP) is 3.90. The molecule has 1 N–H and O–H groups in total. The summed E-state index contributed by atoms with van der Waals surface area (Å²) in [7, 11) is 2.16. The van der Waals surface area contributed by atoms with Gasteiger partial charge in [-0.15, -0.1) is 0 Å². The fraction of sp³-hybridized carbons (Fsp3) is 0.231. The molecular weight excluding hydrogens is 386 g/mol. The number of benzene rings is 3. The number of carbonyl (C=O) groups is 2. The number of hydrogen-bond donors (Lipinski definition) is 1. The van der Waals surface area contributed by atoms with Crippen LogP contribution < -0.4 is 5.32 Å². The van der Waals surface area contributed by atoms with Crippen molar-refractivity contribution in [3.8, 4) is 11.1 Å². The van der Waals surface area contributed by atoms with E-state index in [1.54, 1.807) is 12.1 Å². The van der Waals surface area contributed by atoms with Crippen molar-refractivity contribution in [1.29, 1.82) is 0 Å². The molecule has 1 aliphatic carbocycles. The number of hydrogen-bond acceptors (Lipinski definition) is 4. The van der Waals surface area contributed by atoms with Crippen LogP contribution in [0.1, 0.15) is 31.8 Å². The number of rotatable bonds is 4. The Balaban J connectivity index is 1.26. The molecule has 1 heterocycles. The lowest BCUT2D eigenvalue weighted by Crippen LogP contribution is -2.43. The van der Waals surface area contributed by atoms with Crippen LogP contribution in [0.4, 0.5) is 5.69 Å². The largest absolute Gasteiger partial charge is 0.322 e. The highest BCUT2D eigenvalue weighted by Crippen LogP contribution is 2.36. The fourth-order valence-electron chi connectivity index (χ4n) is 4.33. The van der Waals surface area contributed by atoms with Gasteiger partial charge in [-0.2, -0.15) is 0 Å². The van der Waals surface area contributed by atoms with Gasteiger partial charge < -0.3 is 10.2 Å². The molecule has 5 rings (SSSR count). The number of piperazine rings is 1. The van der Waals surface area contributed by atoms with E-state index in [9.17, 15) is 9.59 Å². The van der Waals surface area contributed by atoms with Crippen molar-refractivity contribution in [3.05, 3.63) is 89.0 Å². The van der Waals surface area contributed by atoms with Crippen LogP contribution in [0.15, 0.2) is 66.7 Å². The Bertz CT molecular complexity index is 1150. The quantitative estimate of drug-likeness (QED) is 0.553. The molecule has 3 aromatic carbocycles. The minimum absolute atomic E-state index is 0.0199. The van der Waals surface area contributed by atoms with Crippen molar-refractivity contribution < 1.29 is 9.59 Å². The smallest absolute Gasteiger partial charge is 0.255 e. The van der Waals surface area contributed by atoms with E-state index in [0.29, 0.717) is 16.7 Å². The average Bonchev–Trinajstić information content (AvgIpc) is 3.08. The molecule has 5 nitrogen and oxygen atoms in total. The van der Waals surface area contributed by atoms with Crippen molar-refractivity contribution in [1.82, 2.24) is 9.80 Å². The molecule has 1 aliphatic heterocycles. The number of carbonyl (C=O) groups excluding carboxylic acids is 2. The summed E-state index contributed by atoms with van der Waals surface area (Å²) in [6, 6.07) is 20.9. The molecule has 3 aromatic rings. The Labute approximate surface area is 182 Å². The Kier molecular flexibility index (Phi) is 5.14. The van der Waals surface area contributed by atoms with E-state index >= 15 is 0 Å². The van der Waals surface area contributed by atoms with Gasteiger partial charge in [-0.1, -0.05) is 42.5 Å². The molecule has 0 radical (unpaired) electrons. The number of amides is 1. The zero-order valence-corrected chi connectivity index (χ0v) is 17.6. The Hall–Kier alpha value is -3.28. The summed E-state index contributed by atoms with van der Waals surface area (Å²) in [6.45, 7) is 5.28. The fourth-order valence-corrected chi connectivity index (χ4v) is 4.33. The molecule has 31 heavy (non-hydrogen) atoms. The van der Waals surface area contributed by atoms with Crippen molar-refractivity contribution in [2.45, 2.75) is 6.54 Å². The average molecular weight is 412 g/mol. The number of nitrogens with one attached hydrogen (secondary N) is 1. The second kappa shape index (κ2) is 8.10. The van der Waals surface area contributed by atoms with Crippen LogP contribution in [0.25, 0.3) is 11.1 Å². The third kappa shape index (κ3) is 3.90. The predicted molar refractivity (Wildman–Crippen MR) is 122 cm³/mol. The van der Waals surface area contributed by atoms with E-state index in [-0.39, 0.29) is 11.7 Å². The molecule has 1 saturated heterocycles. The van der Waals surface area contributed by atoms with E-state index in [0.717, 1.165) is 49.5 Å². The number of ketones is 1. The topological polar surface area (TPSA) is 52.6 Å². The first-order valence-electron chi connectivity index (χ1n) is 10.7. The minimum Gasteiger partial charge on any atom is -0.322 e. The Morgan fingerprint density at radius 3 is 2.26 bits per heavy atom. The Morgan fingerprint density at radius 1 is 0.839 bits per heavy atom. The molecule has 0 spiro atoms. The summed E-state index contributed by atoms with van der Waals surface area (Å²) >= 11 is 0. The van der Waals surface area contributed by atoms with Crippen LogP contribution in [-0.4, -0.2) is 54.7 Å². The van der Waals surface area contributed by atoms with Gasteiger partial charge in [-0.05, 0) is 48.0 Å². The first-order chi connectivity index (χ1) is 15.1. The van der Waals surface area contributed by atoms with Crippen LogP contribution in [0.5, 0.6) is 0 Å². The van der Waals surface area contributed by atoms with Crippen LogP contribution in [0.3, 0.4) is 0 Å². The number of likely N-dealkylation sites (N-methyl/N-ethyl adjacent to an activating group) is 1. The van der Waals surface area contributed by atoms with Crippen molar-refractivity contribution in [3.63, 3.8) is 0 Å². The zero-order chi connectivity index (χ0) is 21.4. The molecule has 1 amide bonds. The van der Waals surface area contributed by atoms with Gasteiger partial charge in [0.1, 0.15) is 0 Å². The normalized spacial score (nSPS) is 16.1. The van der Waals surface area contributed by atoms with Crippen molar-refractivity contribution in [2.24, 2.45) is 0 Å². The van der Waals surface area contributed by atoms with Crippen LogP contribution >= 0.6 is 0 Å². The van der Waals surface area contributed by atoms with Crippen LogP contribution in [0.2, 0.25) is 0 Å². The lowest BCUT2D eigenvalue weighted by atomic mass is 10.0. The first-order valence-corrected chi connectivity index (χ1v) is 10.7. The lowest BCUT2D eigenvalue weighted by Gasteiger charge is -2.32. The molecule has 156 valence electrons. The van der Waals surface area contributed by atoms with Gasteiger partial charge in [0.05, 0.1) is 0 Å². The van der Waals surface area contributed by atoms with Gasteiger partial charge in [0.25, 0.3) is 5.91 Å². The highest BCUT2D eigenvalue weighted by molar-refractivity contribution is 6.22. The molecule has 0 saturated carbocycles. The highest BCUT2D eigenvalue weighted by atomic mass is 16.1. The minimum atomic E-state index is -0.210. The second-order valence-corrected chi connectivity index (χ2v) is 8.37. The lowest BCUT2D eigenvalue weighted by molar-refractivity contribution is 0.102. The summed E-state index contributed by atoms with van der Waals surface area (Å²) in [6.07, 6.45) is 0. The van der Waals surface area contributed by atoms with Crippen molar-refractivity contribution >= 4 is 17.4 Å². The van der Waals surface area contributed by atoms with E-state index in [4.69, 9.17) is 0 Å². The summed E-state index contributed by atoms with van der Waals surface area (Å²) < 4.78 is 0.